The monoisotopic (exact) mass is 344 g/mol. The van der Waals surface area contributed by atoms with Gasteiger partial charge in [0.25, 0.3) is 0 Å². The molecule has 0 heterocycles. The van der Waals surface area contributed by atoms with Crippen molar-refractivity contribution in [2.75, 3.05) is 6.61 Å². The molecule has 1 saturated carbocycles. The zero-order valence-electron chi connectivity index (χ0n) is 14.8. The molecular weight excluding hydrogens is 318 g/mol. The van der Waals surface area contributed by atoms with Gasteiger partial charge in [0.1, 0.15) is 17.4 Å². The van der Waals surface area contributed by atoms with Crippen molar-refractivity contribution >= 4 is 0 Å². The molecule has 2 aromatic carbocycles. The summed E-state index contributed by atoms with van der Waals surface area (Å²) in [6, 6.07) is 11.1. The minimum absolute atomic E-state index is 0.395. The zero-order valence-corrected chi connectivity index (χ0v) is 14.8. The Morgan fingerprint density at radius 1 is 0.960 bits per heavy atom. The van der Waals surface area contributed by atoms with Gasteiger partial charge in [0, 0.05) is 11.6 Å². The Labute approximate surface area is 149 Å². The summed E-state index contributed by atoms with van der Waals surface area (Å²) in [7, 11) is 0. The van der Waals surface area contributed by atoms with Crippen molar-refractivity contribution in [1.82, 2.24) is 0 Å². The van der Waals surface area contributed by atoms with E-state index in [9.17, 15) is 8.78 Å². The standard InChI is InChI=1S/C22H26F2O/c1-2-4-16-7-9-17(10-8-16)15-25-20-6-3-5-18(13-20)21-12-11-19(23)14-22(21)24/h3,5-6,11-14,16-17H,2,4,7-10,15H2,1H3. The van der Waals surface area contributed by atoms with Crippen molar-refractivity contribution in [3.63, 3.8) is 0 Å². The summed E-state index contributed by atoms with van der Waals surface area (Å²) in [4.78, 5) is 0. The molecule has 3 rings (SSSR count). The first kappa shape index (κ1) is 17.9. The number of hydrogen-bond donors (Lipinski definition) is 0. The predicted octanol–water partition coefficient (Wildman–Crippen LogP) is 6.62. The van der Waals surface area contributed by atoms with Gasteiger partial charge in [0.2, 0.25) is 0 Å². The lowest BCUT2D eigenvalue weighted by atomic mass is 9.80. The van der Waals surface area contributed by atoms with E-state index in [4.69, 9.17) is 4.74 Å². The smallest absolute Gasteiger partial charge is 0.133 e. The number of ether oxygens (including phenoxy) is 1. The van der Waals surface area contributed by atoms with E-state index in [1.807, 2.05) is 24.3 Å². The van der Waals surface area contributed by atoms with Crippen LogP contribution in [0.2, 0.25) is 0 Å². The third-order valence-corrected chi connectivity index (χ3v) is 5.23. The maximum atomic E-state index is 14.0. The van der Waals surface area contributed by atoms with E-state index in [0.29, 0.717) is 23.7 Å². The molecule has 1 fully saturated rings. The molecule has 0 aliphatic heterocycles. The third kappa shape index (κ3) is 4.81. The summed E-state index contributed by atoms with van der Waals surface area (Å²) >= 11 is 0. The van der Waals surface area contributed by atoms with Crippen LogP contribution in [0.25, 0.3) is 11.1 Å². The first-order chi connectivity index (χ1) is 12.2. The number of rotatable bonds is 6. The van der Waals surface area contributed by atoms with E-state index < -0.39 is 11.6 Å². The highest BCUT2D eigenvalue weighted by Gasteiger charge is 2.21. The summed E-state index contributed by atoms with van der Waals surface area (Å²) in [6.45, 7) is 2.97. The summed E-state index contributed by atoms with van der Waals surface area (Å²) < 4.78 is 33.0. The van der Waals surface area contributed by atoms with Gasteiger partial charge in [-0.25, -0.2) is 8.78 Å². The van der Waals surface area contributed by atoms with Crippen molar-refractivity contribution in [1.29, 1.82) is 0 Å². The Hall–Kier alpha value is -1.90. The van der Waals surface area contributed by atoms with E-state index in [1.54, 1.807) is 0 Å². The lowest BCUT2D eigenvalue weighted by molar-refractivity contribution is 0.179. The van der Waals surface area contributed by atoms with Gasteiger partial charge in [-0.3, -0.25) is 0 Å². The summed E-state index contributed by atoms with van der Waals surface area (Å²) in [6.07, 6.45) is 7.71. The summed E-state index contributed by atoms with van der Waals surface area (Å²) in [5.74, 6) is 1.14. The Kier molecular flexibility index (Phi) is 6.06. The van der Waals surface area contributed by atoms with E-state index in [2.05, 4.69) is 6.92 Å². The normalized spacial score (nSPS) is 20.4. The number of halogens is 2. The fourth-order valence-corrected chi connectivity index (χ4v) is 3.79. The predicted molar refractivity (Wildman–Crippen MR) is 97.6 cm³/mol. The molecule has 0 unspecified atom stereocenters. The van der Waals surface area contributed by atoms with Crippen LogP contribution in [0.4, 0.5) is 8.78 Å². The molecular formula is C22H26F2O. The highest BCUT2D eigenvalue weighted by Crippen LogP contribution is 2.32. The van der Waals surface area contributed by atoms with Crippen molar-refractivity contribution in [2.24, 2.45) is 11.8 Å². The number of hydrogen-bond acceptors (Lipinski definition) is 1. The molecule has 0 spiro atoms. The maximum Gasteiger partial charge on any atom is 0.133 e. The van der Waals surface area contributed by atoms with Crippen LogP contribution in [0, 0.1) is 23.5 Å². The minimum atomic E-state index is -0.563. The van der Waals surface area contributed by atoms with Gasteiger partial charge >= 0.3 is 0 Å². The molecule has 1 nitrogen and oxygen atoms in total. The van der Waals surface area contributed by atoms with Crippen LogP contribution in [0.15, 0.2) is 42.5 Å². The highest BCUT2D eigenvalue weighted by atomic mass is 19.1. The van der Waals surface area contributed by atoms with E-state index in [-0.39, 0.29) is 0 Å². The summed E-state index contributed by atoms with van der Waals surface area (Å²) in [5.41, 5.74) is 1.11. The van der Waals surface area contributed by atoms with Crippen LogP contribution in [0.3, 0.4) is 0 Å². The van der Waals surface area contributed by atoms with Gasteiger partial charge < -0.3 is 4.74 Å². The summed E-state index contributed by atoms with van der Waals surface area (Å²) in [5, 5.41) is 0. The van der Waals surface area contributed by atoms with E-state index >= 15 is 0 Å². The average molecular weight is 344 g/mol. The van der Waals surface area contributed by atoms with Gasteiger partial charge in [-0.1, -0.05) is 44.7 Å². The fraction of sp³-hybridized carbons (Fsp3) is 0.455. The lowest BCUT2D eigenvalue weighted by Gasteiger charge is -2.28. The van der Waals surface area contributed by atoms with Crippen LogP contribution in [0.1, 0.15) is 45.4 Å². The highest BCUT2D eigenvalue weighted by molar-refractivity contribution is 5.65. The minimum Gasteiger partial charge on any atom is -0.493 e. The second kappa shape index (κ2) is 8.46. The topological polar surface area (TPSA) is 9.23 Å². The molecule has 25 heavy (non-hydrogen) atoms. The van der Waals surface area contributed by atoms with Crippen molar-refractivity contribution in [3.8, 4) is 16.9 Å². The Morgan fingerprint density at radius 3 is 2.44 bits per heavy atom. The van der Waals surface area contributed by atoms with Gasteiger partial charge in [0.05, 0.1) is 6.61 Å². The molecule has 0 bridgehead atoms. The Morgan fingerprint density at radius 2 is 1.72 bits per heavy atom. The second-order valence-corrected chi connectivity index (χ2v) is 7.14. The Bertz CT molecular complexity index is 690. The molecule has 3 heteroatoms. The fourth-order valence-electron chi connectivity index (χ4n) is 3.79. The largest absolute Gasteiger partial charge is 0.493 e. The molecule has 1 aliphatic rings. The van der Waals surface area contributed by atoms with Crippen molar-refractivity contribution in [3.05, 3.63) is 54.1 Å². The quantitative estimate of drug-likeness (QED) is 0.572. The van der Waals surface area contributed by atoms with Crippen LogP contribution >= 0.6 is 0 Å². The molecule has 0 amide bonds. The van der Waals surface area contributed by atoms with Crippen LogP contribution in [0.5, 0.6) is 5.75 Å². The first-order valence-corrected chi connectivity index (χ1v) is 9.34. The molecule has 0 radical (unpaired) electrons. The lowest BCUT2D eigenvalue weighted by Crippen LogP contribution is -2.20. The van der Waals surface area contributed by atoms with Crippen molar-refractivity contribution in [2.45, 2.75) is 45.4 Å². The van der Waals surface area contributed by atoms with Gasteiger partial charge in [-0.05, 0) is 54.5 Å². The Balaban J connectivity index is 1.59. The third-order valence-electron chi connectivity index (χ3n) is 5.23. The molecule has 0 N–H and O–H groups in total. The van der Waals surface area contributed by atoms with Gasteiger partial charge in [-0.15, -0.1) is 0 Å². The van der Waals surface area contributed by atoms with Crippen LogP contribution in [-0.4, -0.2) is 6.61 Å². The first-order valence-electron chi connectivity index (χ1n) is 9.34. The molecule has 0 atom stereocenters. The van der Waals surface area contributed by atoms with E-state index in [0.717, 1.165) is 17.7 Å². The van der Waals surface area contributed by atoms with Gasteiger partial charge in [-0.2, -0.15) is 0 Å². The zero-order chi connectivity index (χ0) is 17.6. The molecule has 134 valence electrons. The number of benzene rings is 2. The molecule has 1 aliphatic carbocycles. The maximum absolute atomic E-state index is 14.0. The van der Waals surface area contributed by atoms with Gasteiger partial charge in [0.15, 0.2) is 0 Å². The molecule has 0 saturated heterocycles. The van der Waals surface area contributed by atoms with Crippen molar-refractivity contribution < 1.29 is 13.5 Å². The average Bonchev–Trinajstić information content (AvgIpc) is 2.62. The SMILES string of the molecule is CCCC1CCC(COc2cccc(-c3ccc(F)cc3F)c2)CC1. The van der Waals surface area contributed by atoms with E-state index in [1.165, 1.54) is 50.7 Å². The molecule has 0 aromatic heterocycles. The van der Waals surface area contributed by atoms with Crippen LogP contribution in [-0.2, 0) is 0 Å². The molecule has 2 aromatic rings. The second-order valence-electron chi connectivity index (χ2n) is 7.14. The van der Waals surface area contributed by atoms with Crippen LogP contribution < -0.4 is 4.74 Å².